The number of hydrogen-bond donors (Lipinski definition) is 0. The van der Waals surface area contributed by atoms with Crippen LogP contribution >= 0.6 is 0 Å². The van der Waals surface area contributed by atoms with E-state index in [0.717, 1.165) is 12.8 Å². The molecule has 0 radical (unpaired) electrons. The number of methoxy groups -OCH3 is 1. The van der Waals surface area contributed by atoms with Crippen molar-refractivity contribution in [1.29, 1.82) is 0 Å². The van der Waals surface area contributed by atoms with Crippen molar-refractivity contribution in [3.8, 4) is 0 Å². The van der Waals surface area contributed by atoms with Gasteiger partial charge in [0.2, 0.25) is 0 Å². The molecular formula is C15H22O3. The van der Waals surface area contributed by atoms with E-state index in [9.17, 15) is 4.79 Å². The van der Waals surface area contributed by atoms with Crippen LogP contribution in [-0.2, 0) is 20.9 Å². The van der Waals surface area contributed by atoms with Gasteiger partial charge in [0.15, 0.2) is 0 Å². The lowest BCUT2D eigenvalue weighted by Crippen LogP contribution is -2.25. The smallest absolute Gasteiger partial charge is 0.311 e. The van der Waals surface area contributed by atoms with E-state index < -0.39 is 5.41 Å². The fraction of sp³-hybridized carbons (Fsp3) is 0.533. The minimum Gasteiger partial charge on any atom is -0.469 e. The SMILES string of the molecule is COC(=O)C(C)(C)CCCOCc1ccccc1. The molecule has 0 heterocycles. The van der Waals surface area contributed by atoms with Crippen LogP contribution in [0.3, 0.4) is 0 Å². The summed E-state index contributed by atoms with van der Waals surface area (Å²) in [5, 5.41) is 0. The summed E-state index contributed by atoms with van der Waals surface area (Å²) in [6.45, 7) is 5.08. The third kappa shape index (κ3) is 4.88. The zero-order valence-electron chi connectivity index (χ0n) is 11.4. The Morgan fingerprint density at radius 3 is 2.50 bits per heavy atom. The molecule has 0 aliphatic heterocycles. The van der Waals surface area contributed by atoms with Crippen molar-refractivity contribution in [2.45, 2.75) is 33.3 Å². The topological polar surface area (TPSA) is 35.5 Å². The fourth-order valence-corrected chi connectivity index (χ4v) is 1.76. The fourth-order valence-electron chi connectivity index (χ4n) is 1.76. The Bertz CT molecular complexity index is 357. The van der Waals surface area contributed by atoms with Gasteiger partial charge in [0, 0.05) is 6.61 Å². The van der Waals surface area contributed by atoms with Crippen molar-refractivity contribution in [1.82, 2.24) is 0 Å². The Hall–Kier alpha value is -1.35. The molecule has 0 aromatic heterocycles. The molecule has 0 spiro atoms. The molecule has 1 rings (SSSR count). The van der Waals surface area contributed by atoms with Gasteiger partial charge in [0.05, 0.1) is 19.1 Å². The van der Waals surface area contributed by atoms with Crippen LogP contribution in [0, 0.1) is 5.41 Å². The van der Waals surface area contributed by atoms with E-state index in [1.165, 1.54) is 12.7 Å². The molecule has 0 aliphatic rings. The highest BCUT2D eigenvalue weighted by Gasteiger charge is 2.27. The van der Waals surface area contributed by atoms with Crippen LogP contribution in [0.15, 0.2) is 30.3 Å². The van der Waals surface area contributed by atoms with E-state index in [2.05, 4.69) is 0 Å². The number of rotatable bonds is 7. The van der Waals surface area contributed by atoms with Crippen molar-refractivity contribution in [3.63, 3.8) is 0 Å². The number of esters is 1. The Morgan fingerprint density at radius 2 is 1.89 bits per heavy atom. The summed E-state index contributed by atoms with van der Waals surface area (Å²) in [4.78, 5) is 11.5. The first-order valence-electron chi connectivity index (χ1n) is 6.26. The molecule has 0 atom stereocenters. The second kappa shape index (κ2) is 7.17. The van der Waals surface area contributed by atoms with Crippen LogP contribution in [-0.4, -0.2) is 19.7 Å². The van der Waals surface area contributed by atoms with Crippen LogP contribution in [0.4, 0.5) is 0 Å². The normalized spacial score (nSPS) is 11.3. The van der Waals surface area contributed by atoms with Gasteiger partial charge in [-0.3, -0.25) is 4.79 Å². The Morgan fingerprint density at radius 1 is 1.22 bits per heavy atom. The number of ether oxygens (including phenoxy) is 2. The number of hydrogen-bond acceptors (Lipinski definition) is 3. The van der Waals surface area contributed by atoms with E-state index in [1.54, 1.807) is 0 Å². The highest BCUT2D eigenvalue weighted by Crippen LogP contribution is 2.23. The zero-order valence-corrected chi connectivity index (χ0v) is 11.4. The van der Waals surface area contributed by atoms with Gasteiger partial charge < -0.3 is 9.47 Å². The van der Waals surface area contributed by atoms with Gasteiger partial charge in [-0.2, -0.15) is 0 Å². The summed E-state index contributed by atoms with van der Waals surface area (Å²) in [6, 6.07) is 10.1. The lowest BCUT2D eigenvalue weighted by Gasteiger charge is -2.20. The molecule has 3 heteroatoms. The lowest BCUT2D eigenvalue weighted by molar-refractivity contribution is -0.151. The van der Waals surface area contributed by atoms with Gasteiger partial charge in [0.1, 0.15) is 0 Å². The first-order chi connectivity index (χ1) is 8.56. The molecule has 0 aliphatic carbocycles. The summed E-state index contributed by atoms with van der Waals surface area (Å²) in [6.07, 6.45) is 1.63. The summed E-state index contributed by atoms with van der Waals surface area (Å²) in [5.74, 6) is -0.162. The molecule has 1 aromatic rings. The molecule has 3 nitrogen and oxygen atoms in total. The van der Waals surface area contributed by atoms with Crippen molar-refractivity contribution >= 4 is 5.97 Å². The maximum atomic E-state index is 11.5. The molecule has 100 valence electrons. The lowest BCUT2D eigenvalue weighted by atomic mass is 9.88. The van der Waals surface area contributed by atoms with Crippen molar-refractivity contribution < 1.29 is 14.3 Å². The van der Waals surface area contributed by atoms with Crippen LogP contribution < -0.4 is 0 Å². The minimum absolute atomic E-state index is 0.162. The van der Waals surface area contributed by atoms with E-state index in [0.29, 0.717) is 13.2 Å². The van der Waals surface area contributed by atoms with Crippen molar-refractivity contribution in [3.05, 3.63) is 35.9 Å². The third-order valence-corrected chi connectivity index (χ3v) is 2.94. The zero-order chi connectivity index (χ0) is 13.4. The average molecular weight is 250 g/mol. The van der Waals surface area contributed by atoms with Gasteiger partial charge in [0.25, 0.3) is 0 Å². The van der Waals surface area contributed by atoms with Gasteiger partial charge in [-0.25, -0.2) is 0 Å². The first kappa shape index (κ1) is 14.7. The number of benzene rings is 1. The Kier molecular flexibility index (Phi) is 5.86. The molecule has 0 fully saturated rings. The molecule has 0 bridgehead atoms. The molecule has 0 N–H and O–H groups in total. The minimum atomic E-state index is -0.426. The van der Waals surface area contributed by atoms with Gasteiger partial charge in [-0.1, -0.05) is 30.3 Å². The maximum Gasteiger partial charge on any atom is 0.311 e. The Balaban J connectivity index is 2.17. The van der Waals surface area contributed by atoms with Crippen molar-refractivity contribution in [2.24, 2.45) is 5.41 Å². The van der Waals surface area contributed by atoms with E-state index in [1.807, 2.05) is 44.2 Å². The molecule has 0 saturated carbocycles. The molecule has 0 unspecified atom stereocenters. The molecule has 18 heavy (non-hydrogen) atoms. The highest BCUT2D eigenvalue weighted by atomic mass is 16.5. The predicted octanol–water partition coefficient (Wildman–Crippen LogP) is 3.18. The van der Waals surface area contributed by atoms with Gasteiger partial charge in [-0.15, -0.1) is 0 Å². The van der Waals surface area contributed by atoms with E-state index in [4.69, 9.17) is 9.47 Å². The van der Waals surface area contributed by atoms with Crippen LogP contribution in [0.25, 0.3) is 0 Å². The quantitative estimate of drug-likeness (QED) is 0.550. The second-order valence-electron chi connectivity index (χ2n) is 5.02. The largest absolute Gasteiger partial charge is 0.469 e. The predicted molar refractivity (Wildman–Crippen MR) is 71.1 cm³/mol. The second-order valence-corrected chi connectivity index (χ2v) is 5.02. The number of carbonyl (C=O) groups is 1. The van der Waals surface area contributed by atoms with Gasteiger partial charge in [-0.05, 0) is 32.3 Å². The molecule has 1 aromatic carbocycles. The van der Waals surface area contributed by atoms with Gasteiger partial charge >= 0.3 is 5.97 Å². The average Bonchev–Trinajstić information content (AvgIpc) is 2.38. The summed E-state index contributed by atoms with van der Waals surface area (Å²) < 4.78 is 10.3. The first-order valence-corrected chi connectivity index (χ1v) is 6.26. The van der Waals surface area contributed by atoms with Crippen LogP contribution in [0.5, 0.6) is 0 Å². The van der Waals surface area contributed by atoms with Crippen LogP contribution in [0.1, 0.15) is 32.3 Å². The maximum absolute atomic E-state index is 11.5. The molecule has 0 amide bonds. The van der Waals surface area contributed by atoms with Crippen LogP contribution in [0.2, 0.25) is 0 Å². The van der Waals surface area contributed by atoms with Crippen molar-refractivity contribution in [2.75, 3.05) is 13.7 Å². The molecule has 0 saturated heterocycles. The van der Waals surface area contributed by atoms with E-state index >= 15 is 0 Å². The monoisotopic (exact) mass is 250 g/mol. The number of carbonyl (C=O) groups excluding carboxylic acids is 1. The Labute approximate surface area is 109 Å². The standard InChI is InChI=1S/C15H22O3/c1-15(2,14(16)17-3)10-7-11-18-12-13-8-5-4-6-9-13/h4-6,8-9H,7,10-12H2,1-3H3. The summed E-state index contributed by atoms with van der Waals surface area (Å²) in [7, 11) is 1.43. The van der Waals surface area contributed by atoms with E-state index in [-0.39, 0.29) is 5.97 Å². The molecular weight excluding hydrogens is 228 g/mol. The summed E-state index contributed by atoms with van der Waals surface area (Å²) >= 11 is 0. The highest BCUT2D eigenvalue weighted by molar-refractivity contribution is 5.75. The summed E-state index contributed by atoms with van der Waals surface area (Å²) in [5.41, 5.74) is 0.745. The third-order valence-electron chi connectivity index (χ3n) is 2.94.